The largest absolute Gasteiger partial charge is 0.379 e. The Bertz CT molecular complexity index is 490. The molecule has 20 heavy (non-hydrogen) atoms. The Hall–Kier alpha value is -1.90. The Morgan fingerprint density at radius 3 is 2.85 bits per heavy atom. The number of nitriles is 1. The van der Waals surface area contributed by atoms with E-state index in [-0.39, 0.29) is 12.3 Å². The molecule has 5 nitrogen and oxygen atoms in total. The lowest BCUT2D eigenvalue weighted by atomic mass is 10.0. The van der Waals surface area contributed by atoms with E-state index in [1.54, 1.807) is 6.07 Å². The SMILES string of the molecule is N#CCc1ccccc1C(=O)NCCN1CCOCC1. The Morgan fingerprint density at radius 1 is 1.35 bits per heavy atom. The van der Waals surface area contributed by atoms with Crippen molar-refractivity contribution in [2.45, 2.75) is 6.42 Å². The van der Waals surface area contributed by atoms with Crippen molar-refractivity contribution in [2.75, 3.05) is 39.4 Å². The van der Waals surface area contributed by atoms with Crippen LogP contribution < -0.4 is 5.32 Å². The standard InChI is InChI=1S/C15H19N3O2/c16-6-5-13-3-1-2-4-14(13)15(19)17-7-8-18-9-11-20-12-10-18/h1-4H,5,7-12H2,(H,17,19). The number of hydrogen-bond acceptors (Lipinski definition) is 4. The van der Waals surface area contributed by atoms with Gasteiger partial charge in [-0.05, 0) is 11.6 Å². The van der Waals surface area contributed by atoms with Crippen molar-refractivity contribution in [3.8, 4) is 6.07 Å². The maximum absolute atomic E-state index is 12.1. The van der Waals surface area contributed by atoms with E-state index in [1.165, 1.54) is 0 Å². The maximum atomic E-state index is 12.1. The summed E-state index contributed by atoms with van der Waals surface area (Å²) in [6.07, 6.45) is 0.257. The van der Waals surface area contributed by atoms with Crippen molar-refractivity contribution in [1.82, 2.24) is 10.2 Å². The highest BCUT2D eigenvalue weighted by Gasteiger charge is 2.12. The summed E-state index contributed by atoms with van der Waals surface area (Å²) in [6, 6.07) is 9.33. The number of hydrogen-bond donors (Lipinski definition) is 1. The summed E-state index contributed by atoms with van der Waals surface area (Å²) in [6.45, 7) is 4.80. The number of morpholine rings is 1. The van der Waals surface area contributed by atoms with Crippen LogP contribution in [0.1, 0.15) is 15.9 Å². The van der Waals surface area contributed by atoms with Crippen molar-refractivity contribution in [3.05, 3.63) is 35.4 Å². The highest BCUT2D eigenvalue weighted by atomic mass is 16.5. The maximum Gasteiger partial charge on any atom is 0.251 e. The van der Waals surface area contributed by atoms with Gasteiger partial charge in [0.2, 0.25) is 0 Å². The monoisotopic (exact) mass is 273 g/mol. The summed E-state index contributed by atoms with van der Waals surface area (Å²) in [4.78, 5) is 14.4. The van der Waals surface area contributed by atoms with Crippen LogP contribution in [0.3, 0.4) is 0 Å². The minimum absolute atomic E-state index is 0.107. The van der Waals surface area contributed by atoms with Crippen LogP contribution in [-0.4, -0.2) is 50.2 Å². The first-order valence-electron chi connectivity index (χ1n) is 6.84. The Balaban J connectivity index is 1.84. The Kier molecular flexibility index (Phi) is 5.54. The summed E-state index contributed by atoms with van der Waals surface area (Å²) in [5.74, 6) is -0.107. The quantitative estimate of drug-likeness (QED) is 0.862. The normalized spacial score (nSPS) is 15.6. The summed E-state index contributed by atoms with van der Waals surface area (Å²) in [7, 11) is 0. The van der Waals surface area contributed by atoms with Gasteiger partial charge in [0, 0.05) is 31.7 Å². The molecule has 1 fully saturated rings. The zero-order valence-electron chi connectivity index (χ0n) is 11.5. The predicted octanol–water partition coefficient (Wildman–Crippen LogP) is 0.815. The number of rotatable bonds is 5. The minimum Gasteiger partial charge on any atom is -0.379 e. The molecular formula is C15H19N3O2. The molecule has 0 radical (unpaired) electrons. The van der Waals surface area contributed by atoms with Crippen LogP contribution in [0.4, 0.5) is 0 Å². The van der Waals surface area contributed by atoms with Gasteiger partial charge in [-0.3, -0.25) is 9.69 Å². The van der Waals surface area contributed by atoms with E-state index in [0.29, 0.717) is 12.1 Å². The van der Waals surface area contributed by atoms with Gasteiger partial charge < -0.3 is 10.1 Å². The zero-order valence-corrected chi connectivity index (χ0v) is 11.5. The summed E-state index contributed by atoms with van der Waals surface area (Å²) in [5.41, 5.74) is 1.37. The van der Waals surface area contributed by atoms with Gasteiger partial charge in [0.05, 0.1) is 25.7 Å². The zero-order chi connectivity index (χ0) is 14.2. The third kappa shape index (κ3) is 4.05. The highest BCUT2D eigenvalue weighted by Crippen LogP contribution is 2.09. The molecule has 5 heteroatoms. The fourth-order valence-corrected chi connectivity index (χ4v) is 2.23. The molecule has 0 aliphatic carbocycles. The molecule has 1 N–H and O–H groups in total. The lowest BCUT2D eigenvalue weighted by Gasteiger charge is -2.26. The first kappa shape index (κ1) is 14.5. The molecule has 0 saturated carbocycles. The van der Waals surface area contributed by atoms with Crippen molar-refractivity contribution < 1.29 is 9.53 Å². The molecule has 1 heterocycles. The van der Waals surface area contributed by atoms with Crippen LogP contribution in [0.2, 0.25) is 0 Å². The van der Waals surface area contributed by atoms with Gasteiger partial charge in [0.15, 0.2) is 0 Å². The third-order valence-corrected chi connectivity index (χ3v) is 3.35. The van der Waals surface area contributed by atoms with Gasteiger partial charge in [0.25, 0.3) is 5.91 Å². The van der Waals surface area contributed by atoms with E-state index in [9.17, 15) is 4.79 Å². The number of carbonyl (C=O) groups is 1. The van der Waals surface area contributed by atoms with Gasteiger partial charge >= 0.3 is 0 Å². The molecule has 0 spiro atoms. The van der Waals surface area contributed by atoms with Gasteiger partial charge in [-0.15, -0.1) is 0 Å². The molecule has 106 valence electrons. The van der Waals surface area contributed by atoms with Crippen molar-refractivity contribution in [3.63, 3.8) is 0 Å². The molecule has 1 saturated heterocycles. The second-order valence-corrected chi connectivity index (χ2v) is 4.70. The fourth-order valence-electron chi connectivity index (χ4n) is 2.23. The van der Waals surface area contributed by atoms with Crippen LogP contribution >= 0.6 is 0 Å². The minimum atomic E-state index is -0.107. The lowest BCUT2D eigenvalue weighted by Crippen LogP contribution is -2.41. The van der Waals surface area contributed by atoms with Crippen LogP contribution in [0.25, 0.3) is 0 Å². The molecule has 2 rings (SSSR count). The number of ether oxygens (including phenoxy) is 1. The molecule has 0 atom stereocenters. The molecule has 0 bridgehead atoms. The van der Waals surface area contributed by atoms with E-state index >= 15 is 0 Å². The second kappa shape index (κ2) is 7.63. The first-order chi connectivity index (χ1) is 9.81. The number of nitrogens with zero attached hydrogens (tertiary/aromatic N) is 2. The number of carbonyl (C=O) groups excluding carboxylic acids is 1. The van der Waals surface area contributed by atoms with E-state index in [2.05, 4.69) is 16.3 Å². The number of amides is 1. The van der Waals surface area contributed by atoms with E-state index in [1.807, 2.05) is 18.2 Å². The smallest absolute Gasteiger partial charge is 0.251 e. The van der Waals surface area contributed by atoms with E-state index in [4.69, 9.17) is 10.00 Å². The highest BCUT2D eigenvalue weighted by molar-refractivity contribution is 5.95. The molecule has 1 aliphatic heterocycles. The van der Waals surface area contributed by atoms with Crippen LogP contribution in [0.15, 0.2) is 24.3 Å². The van der Waals surface area contributed by atoms with E-state index < -0.39 is 0 Å². The van der Waals surface area contributed by atoms with E-state index in [0.717, 1.165) is 38.4 Å². The second-order valence-electron chi connectivity index (χ2n) is 4.70. The first-order valence-corrected chi connectivity index (χ1v) is 6.84. The average Bonchev–Trinajstić information content (AvgIpc) is 2.49. The van der Waals surface area contributed by atoms with Gasteiger partial charge in [-0.1, -0.05) is 18.2 Å². The van der Waals surface area contributed by atoms with Gasteiger partial charge in [0.1, 0.15) is 0 Å². The van der Waals surface area contributed by atoms with Gasteiger partial charge in [-0.25, -0.2) is 0 Å². The Labute approximate surface area is 119 Å². The van der Waals surface area contributed by atoms with Crippen molar-refractivity contribution >= 4 is 5.91 Å². The van der Waals surface area contributed by atoms with Crippen LogP contribution in [-0.2, 0) is 11.2 Å². The topological polar surface area (TPSA) is 65.4 Å². The molecule has 1 aliphatic rings. The average molecular weight is 273 g/mol. The van der Waals surface area contributed by atoms with Crippen molar-refractivity contribution in [1.29, 1.82) is 5.26 Å². The molecule has 0 aromatic heterocycles. The van der Waals surface area contributed by atoms with Crippen LogP contribution in [0.5, 0.6) is 0 Å². The summed E-state index contributed by atoms with van der Waals surface area (Å²) < 4.78 is 5.28. The lowest BCUT2D eigenvalue weighted by molar-refractivity contribution is 0.0383. The molecule has 1 aromatic carbocycles. The van der Waals surface area contributed by atoms with Gasteiger partial charge in [-0.2, -0.15) is 5.26 Å². The summed E-state index contributed by atoms with van der Waals surface area (Å²) >= 11 is 0. The molecule has 1 amide bonds. The number of benzene rings is 1. The summed E-state index contributed by atoms with van der Waals surface area (Å²) in [5, 5.41) is 11.7. The van der Waals surface area contributed by atoms with Crippen molar-refractivity contribution in [2.24, 2.45) is 0 Å². The number of nitrogens with one attached hydrogen (secondary N) is 1. The predicted molar refractivity (Wildman–Crippen MR) is 75.4 cm³/mol. The fraction of sp³-hybridized carbons (Fsp3) is 0.467. The molecule has 1 aromatic rings. The molecule has 0 unspecified atom stereocenters. The third-order valence-electron chi connectivity index (χ3n) is 3.35. The Morgan fingerprint density at radius 2 is 2.10 bits per heavy atom. The van der Waals surface area contributed by atoms with Crippen LogP contribution in [0, 0.1) is 11.3 Å². The molecular weight excluding hydrogens is 254 g/mol.